The van der Waals surface area contributed by atoms with Gasteiger partial charge >= 0.3 is 0 Å². The first kappa shape index (κ1) is 12.9. The van der Waals surface area contributed by atoms with Gasteiger partial charge in [-0.25, -0.2) is 0 Å². The molecule has 1 heterocycles. The van der Waals surface area contributed by atoms with Crippen LogP contribution in [0.5, 0.6) is 0 Å². The fraction of sp³-hybridized carbons (Fsp3) is 1.00. The molecule has 0 aromatic rings. The van der Waals surface area contributed by atoms with Gasteiger partial charge in [0.1, 0.15) is 0 Å². The second-order valence-corrected chi connectivity index (χ2v) is 7.84. The van der Waals surface area contributed by atoms with E-state index >= 15 is 0 Å². The van der Waals surface area contributed by atoms with Crippen molar-refractivity contribution in [1.29, 1.82) is 0 Å². The summed E-state index contributed by atoms with van der Waals surface area (Å²) in [6, 6.07) is 0. The third-order valence-corrected chi connectivity index (χ3v) is 6.69. The van der Waals surface area contributed by atoms with Gasteiger partial charge in [0.2, 0.25) is 0 Å². The topological polar surface area (TPSA) is 18.5 Å². The lowest BCUT2D eigenvalue weighted by molar-refractivity contribution is -0.304. The minimum Gasteiger partial charge on any atom is -0.352 e. The molecule has 0 unspecified atom stereocenters. The van der Waals surface area contributed by atoms with Crippen LogP contribution in [-0.2, 0) is 9.47 Å². The SMILES string of the molecule is CC(C)[C@H]1OCC[C@@]2(C[C@@H]3CC[C@@]2(C)C3(C)C)O1. The average Bonchev–Trinajstić information content (AvgIpc) is 2.61. The molecule has 1 saturated heterocycles. The third kappa shape index (κ3) is 1.37. The normalized spacial score (nSPS) is 50.3. The maximum absolute atomic E-state index is 6.55. The molecule has 0 aromatic carbocycles. The highest BCUT2D eigenvalue weighted by Crippen LogP contribution is 2.72. The first-order chi connectivity index (χ1) is 8.32. The molecule has 0 amide bonds. The van der Waals surface area contributed by atoms with Crippen LogP contribution in [0.3, 0.4) is 0 Å². The van der Waals surface area contributed by atoms with Gasteiger partial charge in [0, 0.05) is 17.8 Å². The fourth-order valence-electron chi connectivity index (χ4n) is 4.93. The maximum atomic E-state index is 6.55. The zero-order chi connectivity index (χ0) is 13.2. The van der Waals surface area contributed by atoms with E-state index < -0.39 is 0 Å². The van der Waals surface area contributed by atoms with Gasteiger partial charge < -0.3 is 9.47 Å². The first-order valence-electron chi connectivity index (χ1n) is 7.62. The molecular weight excluding hydrogens is 224 g/mol. The summed E-state index contributed by atoms with van der Waals surface area (Å²) in [5.41, 5.74) is 0.847. The van der Waals surface area contributed by atoms with Gasteiger partial charge in [0.25, 0.3) is 0 Å². The summed E-state index contributed by atoms with van der Waals surface area (Å²) in [5, 5.41) is 0. The molecule has 3 aliphatic rings. The largest absolute Gasteiger partial charge is 0.352 e. The van der Waals surface area contributed by atoms with Gasteiger partial charge in [-0.3, -0.25) is 0 Å². The summed E-state index contributed by atoms with van der Waals surface area (Å²) in [4.78, 5) is 0. The van der Waals surface area contributed by atoms with E-state index in [0.29, 0.717) is 16.7 Å². The summed E-state index contributed by atoms with van der Waals surface area (Å²) in [6.45, 7) is 12.7. The number of rotatable bonds is 1. The molecule has 1 aliphatic heterocycles. The Kier molecular flexibility index (Phi) is 2.68. The first-order valence-corrected chi connectivity index (χ1v) is 7.62. The molecule has 2 aliphatic carbocycles. The third-order valence-electron chi connectivity index (χ3n) is 6.69. The molecule has 4 atom stereocenters. The van der Waals surface area contributed by atoms with E-state index in [4.69, 9.17) is 9.47 Å². The molecule has 104 valence electrons. The summed E-state index contributed by atoms with van der Waals surface area (Å²) >= 11 is 0. The van der Waals surface area contributed by atoms with Gasteiger partial charge in [0.15, 0.2) is 6.29 Å². The lowest BCUT2D eigenvalue weighted by Crippen LogP contribution is -2.55. The number of hydrogen-bond donors (Lipinski definition) is 0. The van der Waals surface area contributed by atoms with E-state index in [9.17, 15) is 0 Å². The summed E-state index contributed by atoms with van der Waals surface area (Å²) in [6.07, 6.45) is 5.07. The molecule has 1 spiro atoms. The number of fused-ring (bicyclic) bond motifs is 3. The van der Waals surface area contributed by atoms with Crippen LogP contribution in [0.1, 0.15) is 60.3 Å². The van der Waals surface area contributed by atoms with Crippen LogP contribution in [0, 0.1) is 22.7 Å². The lowest BCUT2D eigenvalue weighted by atomic mass is 9.63. The Morgan fingerprint density at radius 3 is 2.33 bits per heavy atom. The van der Waals surface area contributed by atoms with Crippen LogP contribution in [0.25, 0.3) is 0 Å². The zero-order valence-electron chi connectivity index (χ0n) is 12.6. The molecule has 2 saturated carbocycles. The minimum atomic E-state index is 0.00530. The molecule has 2 nitrogen and oxygen atoms in total. The van der Waals surface area contributed by atoms with Crippen molar-refractivity contribution in [2.45, 2.75) is 72.2 Å². The summed E-state index contributed by atoms with van der Waals surface area (Å²) in [5.74, 6) is 1.29. The molecule has 0 radical (unpaired) electrons. The quantitative estimate of drug-likeness (QED) is 0.702. The Balaban J connectivity index is 1.93. The number of ether oxygens (including phenoxy) is 2. The van der Waals surface area contributed by atoms with Crippen molar-refractivity contribution in [2.75, 3.05) is 6.61 Å². The van der Waals surface area contributed by atoms with Crippen molar-refractivity contribution < 1.29 is 9.47 Å². The second kappa shape index (κ2) is 3.73. The summed E-state index contributed by atoms with van der Waals surface area (Å²) < 4.78 is 12.4. The second-order valence-electron chi connectivity index (χ2n) is 7.84. The molecule has 18 heavy (non-hydrogen) atoms. The van der Waals surface area contributed by atoms with E-state index in [1.165, 1.54) is 19.3 Å². The van der Waals surface area contributed by atoms with E-state index in [0.717, 1.165) is 18.9 Å². The maximum Gasteiger partial charge on any atom is 0.160 e. The Morgan fingerprint density at radius 2 is 1.83 bits per heavy atom. The van der Waals surface area contributed by atoms with Crippen LogP contribution in [-0.4, -0.2) is 18.5 Å². The van der Waals surface area contributed by atoms with Crippen molar-refractivity contribution in [3.63, 3.8) is 0 Å². The highest BCUT2D eigenvalue weighted by Gasteiger charge is 2.70. The van der Waals surface area contributed by atoms with Crippen LogP contribution in [0.15, 0.2) is 0 Å². The van der Waals surface area contributed by atoms with E-state index in [2.05, 4.69) is 34.6 Å². The predicted molar refractivity (Wildman–Crippen MR) is 72.2 cm³/mol. The van der Waals surface area contributed by atoms with E-state index in [-0.39, 0.29) is 11.9 Å². The van der Waals surface area contributed by atoms with Crippen LogP contribution in [0.4, 0.5) is 0 Å². The average molecular weight is 252 g/mol. The van der Waals surface area contributed by atoms with E-state index in [1.807, 2.05) is 0 Å². The molecule has 2 heteroatoms. The van der Waals surface area contributed by atoms with Crippen LogP contribution in [0.2, 0.25) is 0 Å². The van der Waals surface area contributed by atoms with Crippen molar-refractivity contribution in [1.82, 2.24) is 0 Å². The van der Waals surface area contributed by atoms with Crippen molar-refractivity contribution in [3.05, 3.63) is 0 Å². The predicted octanol–water partition coefficient (Wildman–Crippen LogP) is 3.99. The van der Waals surface area contributed by atoms with Crippen molar-refractivity contribution in [3.8, 4) is 0 Å². The van der Waals surface area contributed by atoms with Gasteiger partial charge in [-0.1, -0.05) is 34.6 Å². The Labute approximate surface area is 111 Å². The molecule has 0 aromatic heterocycles. The van der Waals surface area contributed by atoms with Crippen LogP contribution < -0.4 is 0 Å². The van der Waals surface area contributed by atoms with Gasteiger partial charge in [-0.05, 0) is 30.6 Å². The monoisotopic (exact) mass is 252 g/mol. The zero-order valence-corrected chi connectivity index (χ0v) is 12.6. The number of hydrogen-bond acceptors (Lipinski definition) is 2. The molecule has 2 bridgehead atoms. The van der Waals surface area contributed by atoms with Gasteiger partial charge in [-0.2, -0.15) is 0 Å². The fourth-order valence-corrected chi connectivity index (χ4v) is 4.93. The molecule has 3 fully saturated rings. The Hall–Kier alpha value is -0.0800. The summed E-state index contributed by atoms with van der Waals surface area (Å²) in [7, 11) is 0. The molecular formula is C16H28O2. The molecule has 0 N–H and O–H groups in total. The highest BCUT2D eigenvalue weighted by molar-refractivity contribution is 5.19. The van der Waals surface area contributed by atoms with Crippen molar-refractivity contribution in [2.24, 2.45) is 22.7 Å². The van der Waals surface area contributed by atoms with Crippen LogP contribution >= 0.6 is 0 Å². The van der Waals surface area contributed by atoms with Gasteiger partial charge in [-0.15, -0.1) is 0 Å². The van der Waals surface area contributed by atoms with Crippen molar-refractivity contribution >= 4 is 0 Å². The molecule has 3 rings (SSSR count). The smallest absolute Gasteiger partial charge is 0.160 e. The van der Waals surface area contributed by atoms with Gasteiger partial charge in [0.05, 0.1) is 12.2 Å². The minimum absolute atomic E-state index is 0.00530. The van der Waals surface area contributed by atoms with E-state index in [1.54, 1.807) is 0 Å². The standard InChI is InChI=1S/C16H28O2/c1-11(2)13-17-9-8-16(18-13)10-12-6-7-15(16,5)14(12,3)4/h11-13H,6-10H2,1-5H3/t12-,13-,15-,16-/m0/s1. The highest BCUT2D eigenvalue weighted by atomic mass is 16.7. The Bertz CT molecular complexity index is 349. The Morgan fingerprint density at radius 1 is 1.11 bits per heavy atom. The lowest BCUT2D eigenvalue weighted by Gasteiger charge is -2.52.